The van der Waals surface area contributed by atoms with Gasteiger partial charge in [-0.15, -0.1) is 23.2 Å². The van der Waals surface area contributed by atoms with Gasteiger partial charge in [0.1, 0.15) is 0 Å². The molecule has 0 radical (unpaired) electrons. The monoisotopic (exact) mass is 158 g/mol. The SMILES string of the molecule is CC(Cl)PC(C)Cl. The fraction of sp³-hybridized carbons (Fsp3) is 1.00. The highest BCUT2D eigenvalue weighted by Crippen LogP contribution is 2.29. The highest BCUT2D eigenvalue weighted by atomic mass is 35.5. The first-order valence-corrected chi connectivity index (χ1v) is 4.20. The third-order valence-corrected chi connectivity index (χ3v) is 2.13. The second-order valence-corrected chi connectivity index (χ2v) is 5.51. The van der Waals surface area contributed by atoms with E-state index in [0.29, 0.717) is 8.58 Å². The lowest BCUT2D eigenvalue weighted by Gasteiger charge is -2.02. The molecule has 0 amide bonds. The van der Waals surface area contributed by atoms with Gasteiger partial charge in [-0.3, -0.25) is 0 Å². The Morgan fingerprint density at radius 2 is 1.43 bits per heavy atom. The topological polar surface area (TPSA) is 0 Å². The molecule has 0 heterocycles. The van der Waals surface area contributed by atoms with E-state index in [1.54, 1.807) is 0 Å². The van der Waals surface area contributed by atoms with E-state index in [0.717, 1.165) is 0 Å². The third-order valence-electron chi connectivity index (χ3n) is 0.459. The zero-order chi connectivity index (χ0) is 5.86. The minimum absolute atomic E-state index is 0.243. The van der Waals surface area contributed by atoms with E-state index in [1.165, 1.54) is 0 Å². The molecule has 7 heavy (non-hydrogen) atoms. The van der Waals surface area contributed by atoms with Gasteiger partial charge in [0.2, 0.25) is 0 Å². The lowest BCUT2D eigenvalue weighted by Crippen LogP contribution is -1.84. The predicted octanol–water partition coefficient (Wildman–Crippen LogP) is 2.83. The first-order chi connectivity index (χ1) is 3.13. The van der Waals surface area contributed by atoms with Crippen molar-refractivity contribution in [2.45, 2.75) is 24.1 Å². The number of rotatable bonds is 2. The Hall–Kier alpha value is 1.01. The quantitative estimate of drug-likeness (QED) is 0.429. The molecule has 0 aromatic rings. The van der Waals surface area contributed by atoms with Crippen molar-refractivity contribution in [3.63, 3.8) is 0 Å². The van der Waals surface area contributed by atoms with Crippen molar-refractivity contribution < 1.29 is 0 Å². The summed E-state index contributed by atoms with van der Waals surface area (Å²) in [5.41, 5.74) is 0. The molecule has 0 fully saturated rings. The standard InChI is InChI=1S/C4H9Cl2P/c1-3(5)7-4(2)6/h3-4,7H,1-2H3. The number of hydrogen-bond acceptors (Lipinski definition) is 0. The Labute approximate surface area is 56.4 Å². The van der Waals surface area contributed by atoms with Gasteiger partial charge in [-0.2, -0.15) is 0 Å². The molecule has 2 atom stereocenters. The molecule has 0 aromatic heterocycles. The third kappa shape index (κ3) is 7.01. The summed E-state index contributed by atoms with van der Waals surface area (Å²) in [5.74, 6) is 0. The molecular formula is C4H9Cl2P. The van der Waals surface area contributed by atoms with Crippen LogP contribution in [0.25, 0.3) is 0 Å². The predicted molar refractivity (Wildman–Crippen MR) is 38.9 cm³/mol. The van der Waals surface area contributed by atoms with E-state index < -0.39 is 0 Å². The fourth-order valence-corrected chi connectivity index (χ4v) is 2.28. The van der Waals surface area contributed by atoms with E-state index in [1.807, 2.05) is 13.8 Å². The Morgan fingerprint density at radius 1 is 1.14 bits per heavy atom. The summed E-state index contributed by atoms with van der Waals surface area (Å²) >= 11 is 11.2. The van der Waals surface area contributed by atoms with Gasteiger partial charge < -0.3 is 0 Å². The first-order valence-electron chi connectivity index (χ1n) is 2.17. The van der Waals surface area contributed by atoms with E-state index in [-0.39, 0.29) is 10.2 Å². The van der Waals surface area contributed by atoms with Crippen LogP contribution in [0.2, 0.25) is 0 Å². The maximum absolute atomic E-state index is 5.60. The summed E-state index contributed by atoms with van der Waals surface area (Å²) in [6, 6.07) is 0. The maximum atomic E-state index is 5.60. The van der Waals surface area contributed by atoms with E-state index >= 15 is 0 Å². The number of alkyl halides is 2. The van der Waals surface area contributed by atoms with Crippen LogP contribution < -0.4 is 0 Å². The lowest BCUT2D eigenvalue weighted by atomic mass is 10.9. The molecule has 0 spiro atoms. The minimum Gasteiger partial charge on any atom is -0.118 e. The first kappa shape index (κ1) is 8.01. The van der Waals surface area contributed by atoms with Crippen molar-refractivity contribution in [1.29, 1.82) is 0 Å². The van der Waals surface area contributed by atoms with Gasteiger partial charge in [0.05, 0.1) is 0 Å². The van der Waals surface area contributed by atoms with E-state index in [2.05, 4.69) is 0 Å². The fourth-order valence-electron chi connectivity index (χ4n) is 0.316. The van der Waals surface area contributed by atoms with Crippen LogP contribution in [-0.4, -0.2) is 10.2 Å². The zero-order valence-corrected chi connectivity index (χ0v) is 6.92. The van der Waals surface area contributed by atoms with Crippen LogP contribution in [-0.2, 0) is 0 Å². The highest BCUT2D eigenvalue weighted by molar-refractivity contribution is 7.44. The van der Waals surface area contributed by atoms with E-state index in [9.17, 15) is 0 Å². The van der Waals surface area contributed by atoms with Gasteiger partial charge in [0, 0.05) is 10.2 Å². The summed E-state index contributed by atoms with van der Waals surface area (Å²) in [5, 5.41) is 0.486. The number of halogens is 2. The molecule has 0 aliphatic heterocycles. The molecule has 3 heteroatoms. The highest BCUT2D eigenvalue weighted by Gasteiger charge is 1.99. The van der Waals surface area contributed by atoms with Crippen molar-refractivity contribution >= 4 is 31.8 Å². The lowest BCUT2D eigenvalue weighted by molar-refractivity contribution is 1.31. The smallest absolute Gasteiger partial charge is 0.0490 e. The van der Waals surface area contributed by atoms with Gasteiger partial charge in [-0.25, -0.2) is 0 Å². The van der Waals surface area contributed by atoms with Crippen LogP contribution in [0.5, 0.6) is 0 Å². The van der Waals surface area contributed by atoms with Gasteiger partial charge >= 0.3 is 0 Å². The maximum Gasteiger partial charge on any atom is 0.0490 e. The molecule has 0 N–H and O–H groups in total. The second kappa shape index (κ2) is 3.95. The Kier molecular flexibility index (Phi) is 4.52. The Balaban J connectivity index is 2.95. The number of hydrogen-bond donors (Lipinski definition) is 0. The van der Waals surface area contributed by atoms with Crippen LogP contribution in [0.4, 0.5) is 0 Å². The largest absolute Gasteiger partial charge is 0.118 e. The van der Waals surface area contributed by atoms with Crippen molar-refractivity contribution in [2.75, 3.05) is 0 Å². The normalized spacial score (nSPS) is 20.6. The second-order valence-electron chi connectivity index (χ2n) is 1.40. The van der Waals surface area contributed by atoms with Crippen LogP contribution >= 0.6 is 31.8 Å². The molecule has 0 rings (SSSR count). The molecular weight excluding hydrogens is 150 g/mol. The summed E-state index contributed by atoms with van der Waals surface area (Å²) < 4.78 is 0. The van der Waals surface area contributed by atoms with Crippen molar-refractivity contribution in [2.24, 2.45) is 0 Å². The minimum atomic E-state index is 0.243. The molecule has 44 valence electrons. The summed E-state index contributed by atoms with van der Waals surface area (Å²) in [7, 11) is 0.676. The summed E-state index contributed by atoms with van der Waals surface area (Å²) in [6.45, 7) is 3.91. The average Bonchev–Trinajstić information content (AvgIpc) is 1.27. The van der Waals surface area contributed by atoms with Crippen molar-refractivity contribution in [3.8, 4) is 0 Å². The molecule has 0 nitrogen and oxygen atoms in total. The van der Waals surface area contributed by atoms with Gasteiger partial charge in [-0.1, -0.05) is 8.58 Å². The molecule has 0 aliphatic rings. The Morgan fingerprint density at radius 3 is 1.43 bits per heavy atom. The van der Waals surface area contributed by atoms with Crippen molar-refractivity contribution in [3.05, 3.63) is 0 Å². The molecule has 0 saturated heterocycles. The van der Waals surface area contributed by atoms with Crippen LogP contribution in [0.1, 0.15) is 13.8 Å². The summed E-state index contributed by atoms with van der Waals surface area (Å²) in [6.07, 6.45) is 0. The molecule has 0 bridgehead atoms. The molecule has 0 saturated carbocycles. The Bertz CT molecular complexity index is 39.0. The van der Waals surface area contributed by atoms with Crippen LogP contribution in [0.15, 0.2) is 0 Å². The molecule has 2 unspecified atom stereocenters. The van der Waals surface area contributed by atoms with Gasteiger partial charge in [0.15, 0.2) is 0 Å². The van der Waals surface area contributed by atoms with Gasteiger partial charge in [0.25, 0.3) is 0 Å². The van der Waals surface area contributed by atoms with Gasteiger partial charge in [-0.05, 0) is 13.8 Å². The average molecular weight is 159 g/mol. The molecule has 0 aromatic carbocycles. The van der Waals surface area contributed by atoms with Crippen LogP contribution in [0.3, 0.4) is 0 Å². The van der Waals surface area contributed by atoms with Crippen molar-refractivity contribution in [1.82, 2.24) is 0 Å². The van der Waals surface area contributed by atoms with Crippen LogP contribution in [0, 0.1) is 0 Å². The molecule has 0 aliphatic carbocycles. The van der Waals surface area contributed by atoms with E-state index in [4.69, 9.17) is 23.2 Å². The summed E-state index contributed by atoms with van der Waals surface area (Å²) in [4.78, 5) is 0. The zero-order valence-electron chi connectivity index (χ0n) is 4.41.